The quantitative estimate of drug-likeness (QED) is 0.343. The Morgan fingerprint density at radius 1 is 1.03 bits per heavy atom. The minimum absolute atomic E-state index is 0.00996. The molecule has 1 fully saturated rings. The van der Waals surface area contributed by atoms with Gasteiger partial charge in [-0.3, -0.25) is 14.4 Å². The number of ether oxygens (including phenoxy) is 4. The van der Waals surface area contributed by atoms with Gasteiger partial charge < -0.3 is 29.8 Å². The highest BCUT2D eigenvalue weighted by Gasteiger charge is 2.37. The third kappa shape index (κ3) is 8.86. The highest BCUT2D eigenvalue weighted by atomic mass is 16.7. The van der Waals surface area contributed by atoms with Gasteiger partial charge in [-0.15, -0.1) is 0 Å². The number of rotatable bonds is 11. The molecule has 0 bridgehead atoms. The summed E-state index contributed by atoms with van der Waals surface area (Å²) in [5, 5.41) is 9.84. The summed E-state index contributed by atoms with van der Waals surface area (Å²) < 4.78 is 21.1. The smallest absolute Gasteiger partial charge is 0.480 e. The normalized spacial score (nSPS) is 16.5. The van der Waals surface area contributed by atoms with Gasteiger partial charge in [0.2, 0.25) is 0 Å². The molecular formula is C25H35NO9. The standard InChI is InChI=1S/C25H35NO9/c1-4-21(27)34-19-12-11-17(13-20(19)35-22(28)5-2)15-25(26,23(29)30)14-16(3)32-24(31)33-18-9-7-6-8-10-18/h11-13,16,18H,4-10,14-15,26H2,1-3H3,(H,29,30)/t16-,25?/m0/s1. The maximum Gasteiger partial charge on any atom is 0.508 e. The van der Waals surface area contributed by atoms with Crippen molar-refractivity contribution >= 4 is 24.1 Å². The fourth-order valence-corrected chi connectivity index (χ4v) is 3.88. The van der Waals surface area contributed by atoms with Gasteiger partial charge >= 0.3 is 24.1 Å². The Bertz CT molecular complexity index is 910. The van der Waals surface area contributed by atoms with Gasteiger partial charge in [-0.25, -0.2) is 4.79 Å². The Hall–Kier alpha value is -3.14. The van der Waals surface area contributed by atoms with Crippen molar-refractivity contribution < 1.29 is 43.2 Å². The molecule has 35 heavy (non-hydrogen) atoms. The lowest BCUT2D eigenvalue weighted by Gasteiger charge is -2.28. The minimum atomic E-state index is -1.79. The summed E-state index contributed by atoms with van der Waals surface area (Å²) >= 11 is 0. The molecule has 2 rings (SSSR count). The Kier molecular flexibility index (Phi) is 10.5. The molecule has 3 N–H and O–H groups in total. The Labute approximate surface area is 205 Å². The predicted octanol–water partition coefficient (Wildman–Crippen LogP) is 3.91. The van der Waals surface area contributed by atoms with Gasteiger partial charge in [0.25, 0.3) is 0 Å². The fraction of sp³-hybridized carbons (Fsp3) is 0.600. The van der Waals surface area contributed by atoms with E-state index in [9.17, 15) is 24.3 Å². The SMILES string of the molecule is CCC(=O)Oc1ccc(CC(N)(C[C@H](C)OC(=O)OC2CCCCC2)C(=O)O)cc1OC(=O)CC. The lowest BCUT2D eigenvalue weighted by Crippen LogP contribution is -2.52. The average molecular weight is 494 g/mol. The fourth-order valence-electron chi connectivity index (χ4n) is 3.88. The topological polar surface area (TPSA) is 151 Å². The summed E-state index contributed by atoms with van der Waals surface area (Å²) in [6.45, 7) is 4.78. The van der Waals surface area contributed by atoms with E-state index in [0.29, 0.717) is 5.56 Å². The van der Waals surface area contributed by atoms with Gasteiger partial charge in [-0.05, 0) is 50.3 Å². The molecule has 1 aliphatic rings. The van der Waals surface area contributed by atoms with Crippen molar-refractivity contribution in [1.29, 1.82) is 0 Å². The second-order valence-corrected chi connectivity index (χ2v) is 8.83. The monoisotopic (exact) mass is 493 g/mol. The summed E-state index contributed by atoms with van der Waals surface area (Å²) in [4.78, 5) is 47.8. The van der Waals surface area contributed by atoms with E-state index < -0.39 is 35.7 Å². The first kappa shape index (κ1) is 28.1. The number of nitrogens with two attached hydrogens (primary N) is 1. The van der Waals surface area contributed by atoms with Crippen LogP contribution in [0.3, 0.4) is 0 Å². The molecule has 10 nitrogen and oxygen atoms in total. The number of benzene rings is 1. The molecule has 10 heteroatoms. The Balaban J connectivity index is 2.12. The molecule has 1 aliphatic carbocycles. The van der Waals surface area contributed by atoms with Crippen LogP contribution in [-0.4, -0.2) is 46.9 Å². The lowest BCUT2D eigenvalue weighted by atomic mass is 9.86. The van der Waals surface area contributed by atoms with Crippen LogP contribution >= 0.6 is 0 Å². The number of carbonyl (C=O) groups is 4. The molecule has 1 aromatic carbocycles. The van der Waals surface area contributed by atoms with Gasteiger partial charge in [-0.2, -0.15) is 0 Å². The van der Waals surface area contributed by atoms with Crippen molar-refractivity contribution in [1.82, 2.24) is 0 Å². The highest BCUT2D eigenvalue weighted by Crippen LogP contribution is 2.31. The first-order valence-corrected chi connectivity index (χ1v) is 12.0. The molecule has 0 spiro atoms. The van der Waals surface area contributed by atoms with E-state index >= 15 is 0 Å². The van der Waals surface area contributed by atoms with E-state index in [4.69, 9.17) is 24.7 Å². The largest absolute Gasteiger partial charge is 0.508 e. The van der Waals surface area contributed by atoms with Crippen molar-refractivity contribution in [3.8, 4) is 11.5 Å². The second-order valence-electron chi connectivity index (χ2n) is 8.83. The van der Waals surface area contributed by atoms with Crippen molar-refractivity contribution in [3.05, 3.63) is 23.8 Å². The van der Waals surface area contributed by atoms with Crippen molar-refractivity contribution in [2.45, 2.75) is 96.3 Å². The first-order valence-electron chi connectivity index (χ1n) is 12.0. The zero-order valence-electron chi connectivity index (χ0n) is 20.5. The maximum atomic E-state index is 12.1. The molecule has 0 saturated heterocycles. The van der Waals surface area contributed by atoms with Gasteiger partial charge in [0.15, 0.2) is 11.5 Å². The zero-order chi connectivity index (χ0) is 26.0. The van der Waals surface area contributed by atoms with Crippen LogP contribution in [0.1, 0.15) is 77.7 Å². The number of carboxylic acid groups (broad SMARTS) is 1. The molecule has 0 amide bonds. The van der Waals surface area contributed by atoms with Crippen LogP contribution in [0.2, 0.25) is 0 Å². The predicted molar refractivity (Wildman–Crippen MR) is 125 cm³/mol. The van der Waals surface area contributed by atoms with E-state index in [1.807, 2.05) is 0 Å². The maximum absolute atomic E-state index is 12.1. The summed E-state index contributed by atoms with van der Waals surface area (Å²) in [5.41, 5.74) is 4.87. The Morgan fingerprint density at radius 3 is 2.20 bits per heavy atom. The van der Waals surface area contributed by atoms with E-state index in [-0.39, 0.29) is 43.3 Å². The van der Waals surface area contributed by atoms with Crippen LogP contribution in [0.4, 0.5) is 4.79 Å². The molecule has 1 aromatic rings. The number of hydrogen-bond donors (Lipinski definition) is 2. The van der Waals surface area contributed by atoms with Gasteiger partial charge in [-0.1, -0.05) is 26.3 Å². The number of aliphatic carboxylic acids is 1. The minimum Gasteiger partial charge on any atom is -0.480 e. The van der Waals surface area contributed by atoms with Gasteiger partial charge in [0.05, 0.1) is 0 Å². The third-order valence-electron chi connectivity index (χ3n) is 5.74. The number of carboxylic acids is 1. The van der Waals surface area contributed by atoms with Gasteiger partial charge in [0.1, 0.15) is 17.7 Å². The van der Waals surface area contributed by atoms with Crippen LogP contribution in [0.5, 0.6) is 11.5 Å². The summed E-state index contributed by atoms with van der Waals surface area (Å²) in [6, 6.07) is 4.37. The van der Waals surface area contributed by atoms with Crippen LogP contribution in [-0.2, 0) is 30.3 Å². The lowest BCUT2D eigenvalue weighted by molar-refractivity contribution is -0.145. The first-order chi connectivity index (χ1) is 16.6. The molecule has 0 aromatic heterocycles. The number of carbonyl (C=O) groups excluding carboxylic acids is 3. The molecule has 194 valence electrons. The summed E-state index contributed by atoms with van der Waals surface area (Å²) in [5.74, 6) is -2.32. The molecule has 0 heterocycles. The van der Waals surface area contributed by atoms with Crippen LogP contribution < -0.4 is 15.2 Å². The third-order valence-corrected chi connectivity index (χ3v) is 5.74. The average Bonchev–Trinajstić information content (AvgIpc) is 2.80. The van der Waals surface area contributed by atoms with Crippen LogP contribution in [0.15, 0.2) is 18.2 Å². The summed E-state index contributed by atoms with van der Waals surface area (Å²) in [6.07, 6.45) is 2.68. The van der Waals surface area contributed by atoms with E-state index in [2.05, 4.69) is 0 Å². The second kappa shape index (κ2) is 13.1. The van der Waals surface area contributed by atoms with E-state index in [1.165, 1.54) is 18.2 Å². The highest BCUT2D eigenvalue weighted by molar-refractivity contribution is 5.79. The van der Waals surface area contributed by atoms with Crippen LogP contribution in [0.25, 0.3) is 0 Å². The molecular weight excluding hydrogens is 458 g/mol. The van der Waals surface area contributed by atoms with Crippen molar-refractivity contribution in [2.24, 2.45) is 5.73 Å². The molecule has 2 atom stereocenters. The van der Waals surface area contributed by atoms with Crippen molar-refractivity contribution in [2.75, 3.05) is 0 Å². The molecule has 0 radical (unpaired) electrons. The number of hydrogen-bond acceptors (Lipinski definition) is 9. The molecule has 1 unspecified atom stereocenters. The summed E-state index contributed by atoms with van der Waals surface area (Å²) in [7, 11) is 0. The van der Waals surface area contributed by atoms with E-state index in [0.717, 1.165) is 32.1 Å². The zero-order valence-corrected chi connectivity index (χ0v) is 20.5. The molecule has 1 saturated carbocycles. The Morgan fingerprint density at radius 2 is 1.63 bits per heavy atom. The van der Waals surface area contributed by atoms with Gasteiger partial charge in [0, 0.05) is 25.7 Å². The number of esters is 2. The molecule has 0 aliphatic heterocycles. The van der Waals surface area contributed by atoms with Crippen molar-refractivity contribution in [3.63, 3.8) is 0 Å². The van der Waals surface area contributed by atoms with Crippen LogP contribution in [0, 0.1) is 0 Å². The van der Waals surface area contributed by atoms with E-state index in [1.54, 1.807) is 20.8 Å².